The number of amides is 2. The molecule has 0 aliphatic heterocycles. The summed E-state index contributed by atoms with van der Waals surface area (Å²) in [5.41, 5.74) is 42.4. The predicted octanol–water partition coefficient (Wildman–Crippen LogP) is 2.04. The number of sulfone groups is 1. The molecule has 0 unspecified atom stereocenters. The molecule has 0 spiro atoms. The number of hydrazone groups is 1. The van der Waals surface area contributed by atoms with Gasteiger partial charge in [0.15, 0.2) is 63.9 Å². The number of likely N-dealkylation sites (N-methyl/N-ethyl adjacent to an activating group) is 3. The van der Waals surface area contributed by atoms with E-state index in [0.717, 1.165) is 23.6 Å². The van der Waals surface area contributed by atoms with E-state index >= 15 is 0 Å². The molecule has 0 saturated heterocycles. The van der Waals surface area contributed by atoms with Gasteiger partial charge in [0, 0.05) is 55.3 Å². The van der Waals surface area contributed by atoms with Gasteiger partial charge in [-0.1, -0.05) is 11.8 Å². The number of hydrogen-bond acceptors (Lipinski definition) is 45. The number of furan rings is 7. The number of aromatic nitrogens is 23. The van der Waals surface area contributed by atoms with Crippen molar-refractivity contribution in [1.29, 1.82) is 0 Å². The van der Waals surface area contributed by atoms with E-state index in [4.69, 9.17) is 95.8 Å². The summed E-state index contributed by atoms with van der Waals surface area (Å²) in [6, 6.07) is 23.6. The number of nitrogens with one attached hydrogen (secondary N) is 4. The van der Waals surface area contributed by atoms with Crippen molar-refractivity contribution in [3.05, 3.63) is 153 Å². The van der Waals surface area contributed by atoms with Crippen molar-refractivity contribution in [2.24, 2.45) is 22.4 Å². The Morgan fingerprint density at radius 2 is 0.934 bits per heavy atom. The van der Waals surface area contributed by atoms with E-state index in [9.17, 15) is 22.8 Å². The standard InChI is InChI=1S/C13H17N7O3.C11H11N7O2.C9H8N6O3S.C9H8N6OS.C6H8N4O2.C6H6N4O.C5H6N2O2.C5H13NO2.C2H4.ClH/c1-19(7-9(21-2)22-3)12-16-11(14)20-13(17-12)15-10(18-20)8-5-4-6-23-8;1-17(4-5-19)10-14-9(12)18-11(15-10)13-8(16-18)7-3-2-6-20-7;1-19(16,17)9-12-7(10)15-8(13-9)11-6(14-15)5-3-2-4-18-5;1-17-9-12-7(10)15-8(13-9)11-6(14-15)5-3-2-4-16-5;7-6(8)10-9-5(11)4-2-1-3-12-4;7-6-8-5(9-10-6)4-2-1-3-11-4;6-7-5(8)4-2-1-3-9-4;1-6-4-5(7-2)8-3;1-2;/h4-6,9H,7H2,1-3H3,(H2,14,15,16,17,18);2-3,5-6H,4H2,1H3,(H2,12,13,14,15,16);2-4H,1H3,(H2,10,11,12,13,14);2-4H,1H3,(H2,10,11,12,13,14);1-3H,(H,9,11)(H4,7,8,10);1-3H,(H3,7,8,9,10);1-3H,6H2,(H,7,8);5-6H,4H2,1-3H3;1-2H2;1H. The molecule has 0 atom stereocenters. The zero-order valence-electron chi connectivity index (χ0n) is 65.9. The number of ether oxygens (including phenoxy) is 4. The van der Waals surface area contributed by atoms with E-state index in [0.29, 0.717) is 87.3 Å². The van der Waals surface area contributed by atoms with Crippen LogP contribution in [-0.2, 0) is 33.6 Å². The molecule has 0 fully saturated rings. The molecular formula is C66H82ClN37O16S2. The number of carbonyl (C=O) groups is 3. The maximum Gasteiger partial charge on any atom is 0.307 e. The molecule has 53 nitrogen and oxygen atoms in total. The average molecular weight is 1750 g/mol. The van der Waals surface area contributed by atoms with Gasteiger partial charge in [0.05, 0.1) is 56.9 Å². The monoisotopic (exact) mass is 1750 g/mol. The molecule has 56 heteroatoms. The van der Waals surface area contributed by atoms with Gasteiger partial charge in [-0.3, -0.25) is 20.1 Å². The smallest absolute Gasteiger partial charge is 0.307 e. The number of nitrogens with two attached hydrogens (primary N) is 8. The summed E-state index contributed by atoms with van der Waals surface area (Å²) in [5, 5.41) is 29.3. The second-order valence-electron chi connectivity index (χ2n) is 22.7. The van der Waals surface area contributed by atoms with Crippen LogP contribution in [0.2, 0.25) is 0 Å². The van der Waals surface area contributed by atoms with E-state index in [1.54, 1.807) is 144 Å². The number of nitrogens with zero attached hydrogens (tertiary/aromatic N) is 25. The quantitative estimate of drug-likeness (QED) is 0.00531. The summed E-state index contributed by atoms with van der Waals surface area (Å²) in [7, 11) is 8.14. The number of H-pyrrole nitrogens is 1. The molecule has 20 N–H and O–H groups in total. The number of anilines is 7. The molecule has 0 bridgehead atoms. The first kappa shape index (κ1) is 93.7. The van der Waals surface area contributed by atoms with Crippen LogP contribution >= 0.6 is 24.2 Å². The lowest BCUT2D eigenvalue weighted by Crippen LogP contribution is -2.33. The van der Waals surface area contributed by atoms with Gasteiger partial charge in [-0.05, 0) is 98.2 Å². The number of guanidine groups is 1. The summed E-state index contributed by atoms with van der Waals surface area (Å²) in [5.74, 6) is 11.2. The summed E-state index contributed by atoms with van der Waals surface area (Å²) >= 11 is 1.40. The molecule has 0 aliphatic carbocycles. The molecule has 16 heterocycles. The van der Waals surface area contributed by atoms with Crippen molar-refractivity contribution in [3.63, 3.8) is 0 Å². The molecule has 0 aliphatic rings. The Labute approximate surface area is 698 Å². The zero-order valence-corrected chi connectivity index (χ0v) is 68.4. The van der Waals surface area contributed by atoms with Gasteiger partial charge in [0.1, 0.15) is 6.29 Å². The highest BCUT2D eigenvalue weighted by molar-refractivity contribution is 7.98. The molecule has 0 radical (unpaired) electrons. The van der Waals surface area contributed by atoms with Crippen molar-refractivity contribution in [2.45, 2.75) is 22.9 Å². The summed E-state index contributed by atoms with van der Waals surface area (Å²) in [6.45, 7) is 7.32. The summed E-state index contributed by atoms with van der Waals surface area (Å²) in [6.07, 6.45) is 13.5. The Bertz CT molecular complexity index is 5960. The summed E-state index contributed by atoms with van der Waals surface area (Å²) < 4.78 is 83.4. The minimum absolute atomic E-state index is 0. The third kappa shape index (κ3) is 26.0. The van der Waals surface area contributed by atoms with Crippen molar-refractivity contribution >= 4 is 123 Å². The molecule has 646 valence electrons. The van der Waals surface area contributed by atoms with Crippen LogP contribution in [0, 0.1) is 0 Å². The van der Waals surface area contributed by atoms with Crippen LogP contribution in [0.1, 0.15) is 21.1 Å². The van der Waals surface area contributed by atoms with Crippen LogP contribution in [0.5, 0.6) is 0 Å². The second kappa shape index (κ2) is 45.9. The maximum absolute atomic E-state index is 11.4. The van der Waals surface area contributed by atoms with Crippen molar-refractivity contribution in [2.75, 3.05) is 120 Å². The number of hydrazine groups is 1. The fraction of sp³-hybridized carbons (Fsp3) is 0.212. The van der Waals surface area contributed by atoms with Crippen LogP contribution in [-0.4, -0.2) is 240 Å². The highest BCUT2D eigenvalue weighted by Crippen LogP contribution is 2.24. The number of thioether (sulfide) groups is 1. The Balaban J connectivity index is 0.000000195. The molecule has 122 heavy (non-hydrogen) atoms. The lowest BCUT2D eigenvalue weighted by molar-refractivity contribution is -0.106. The maximum atomic E-state index is 11.4. The van der Waals surface area contributed by atoms with E-state index in [-0.39, 0.29) is 89.8 Å². The van der Waals surface area contributed by atoms with Gasteiger partial charge >= 0.3 is 11.8 Å². The number of aromatic amines is 1. The van der Waals surface area contributed by atoms with Crippen LogP contribution in [0.4, 0.5) is 41.6 Å². The van der Waals surface area contributed by atoms with Gasteiger partial charge in [0.25, 0.3) is 28.3 Å². The highest BCUT2D eigenvalue weighted by atomic mass is 35.5. The van der Waals surface area contributed by atoms with Crippen molar-refractivity contribution in [1.82, 2.24) is 130 Å². The highest BCUT2D eigenvalue weighted by Gasteiger charge is 2.22. The molecule has 16 aromatic rings. The lowest BCUT2D eigenvalue weighted by Gasteiger charge is -2.22. The molecule has 16 rings (SSSR count). The Morgan fingerprint density at radius 1 is 0.549 bits per heavy atom. The number of aldehydes is 1. The minimum atomic E-state index is -3.57. The second-order valence-corrected chi connectivity index (χ2v) is 25.4. The van der Waals surface area contributed by atoms with E-state index in [1.165, 1.54) is 62.5 Å². The minimum Gasteiger partial charge on any atom is -0.461 e. The Hall–Kier alpha value is -15.4. The molecule has 2 amide bonds. The largest absolute Gasteiger partial charge is 0.461 e. The van der Waals surface area contributed by atoms with Crippen LogP contribution in [0.3, 0.4) is 0 Å². The first-order valence-electron chi connectivity index (χ1n) is 34.1. The SMILES string of the molecule is C=C.CN(CC=O)c1nc(N)n2nc(-c3ccco3)nc2n1.CNCC(OC)OC.COC(CN(C)c1nc(N)n2nc(-c3ccco3)nc2n1)OC.CS(=O)(=O)c1nc(N)n2nc(-c3ccco3)nc2n1.CSc1nc(N)n2nc(-c3ccco3)nc2n1.Cl.NC(N)=NNC(=O)c1ccco1.NNC(=O)c1ccco1.Nc1n[nH]c(-c2ccco2)n1. The van der Waals surface area contributed by atoms with E-state index in [1.807, 2.05) is 18.7 Å². The van der Waals surface area contributed by atoms with Crippen LogP contribution < -0.4 is 71.9 Å². The van der Waals surface area contributed by atoms with Gasteiger partial charge in [-0.2, -0.15) is 82.9 Å². The van der Waals surface area contributed by atoms with Crippen LogP contribution in [0.15, 0.2) is 188 Å². The number of carbonyl (C=O) groups excluding carboxylic acids is 3. The van der Waals surface area contributed by atoms with Crippen LogP contribution in [0.25, 0.3) is 81.0 Å². The zero-order chi connectivity index (χ0) is 87.7. The molecular weight excluding hydrogens is 1670 g/mol. The Kier molecular flexibility index (Phi) is 35.3. The number of rotatable bonds is 22. The summed E-state index contributed by atoms with van der Waals surface area (Å²) in [4.78, 5) is 88.7. The predicted molar refractivity (Wildman–Crippen MR) is 439 cm³/mol. The number of nitrogen functional groups attached to an aromatic ring is 6. The molecule has 0 saturated carbocycles. The normalized spacial score (nSPS) is 10.6. The lowest BCUT2D eigenvalue weighted by atomic mass is 10.4. The third-order valence-corrected chi connectivity index (χ3v) is 15.8. The van der Waals surface area contributed by atoms with Crippen molar-refractivity contribution < 1.29 is 72.7 Å². The van der Waals surface area contributed by atoms with E-state index in [2.05, 4.69) is 124 Å². The fourth-order valence-electron chi connectivity index (χ4n) is 8.83. The van der Waals surface area contributed by atoms with Gasteiger partial charge in [-0.25, -0.2) is 19.7 Å². The number of methoxy groups -OCH3 is 4. The number of fused-ring (bicyclic) bond motifs is 4. The molecule has 0 aromatic carbocycles. The average Bonchev–Trinajstić information content (AvgIpc) is 1.67. The fourth-order valence-corrected chi connectivity index (χ4v) is 9.69. The van der Waals surface area contributed by atoms with Gasteiger partial charge in [0.2, 0.25) is 80.7 Å². The van der Waals surface area contributed by atoms with Crippen molar-refractivity contribution in [3.8, 4) is 57.9 Å². The van der Waals surface area contributed by atoms with E-state index < -0.39 is 33.1 Å². The first-order valence-corrected chi connectivity index (χ1v) is 37.2. The Morgan fingerprint density at radius 3 is 1.28 bits per heavy atom. The topological polar surface area (TPSA) is 743 Å². The molecule has 16 aromatic heterocycles. The number of hydrogen-bond donors (Lipinski definition) is 12. The van der Waals surface area contributed by atoms with Gasteiger partial charge in [-0.15, -0.1) is 56.2 Å². The third-order valence-electron chi connectivity index (χ3n) is 14.4. The first-order chi connectivity index (χ1) is 58.3. The number of halogens is 1. The van der Waals surface area contributed by atoms with Gasteiger partial charge < -0.3 is 110 Å².